The van der Waals surface area contributed by atoms with Gasteiger partial charge in [-0.3, -0.25) is 0 Å². The van der Waals surface area contributed by atoms with Crippen molar-refractivity contribution in [3.8, 4) is 0 Å². The van der Waals surface area contributed by atoms with Crippen LogP contribution in [0.3, 0.4) is 0 Å². The summed E-state index contributed by atoms with van der Waals surface area (Å²) in [7, 11) is 0. The van der Waals surface area contributed by atoms with E-state index in [1.165, 1.54) is 30.4 Å². The van der Waals surface area contributed by atoms with Crippen LogP contribution in [0, 0.1) is 0 Å². The molecule has 1 aliphatic rings. The number of hydrogen-bond acceptors (Lipinski definition) is 2. The van der Waals surface area contributed by atoms with Crippen LogP contribution in [0.5, 0.6) is 0 Å². The number of hydrogen-bond donors (Lipinski definition) is 1. The molecule has 1 aromatic carbocycles. The normalized spacial score (nSPS) is 17.7. The van der Waals surface area contributed by atoms with E-state index in [1.807, 2.05) is 6.07 Å². The quantitative estimate of drug-likeness (QED) is 0.724. The largest absolute Gasteiger partial charge is 0.381 e. The third-order valence-corrected chi connectivity index (χ3v) is 3.92. The van der Waals surface area contributed by atoms with Crippen molar-refractivity contribution in [2.45, 2.75) is 45.1 Å². The second-order valence-corrected chi connectivity index (χ2v) is 5.64. The number of ether oxygens (including phenoxy) is 1. The zero-order chi connectivity index (χ0) is 13.5. The van der Waals surface area contributed by atoms with E-state index in [4.69, 9.17) is 16.3 Å². The average Bonchev–Trinajstić information content (AvgIpc) is 2.80. The maximum absolute atomic E-state index is 6.02. The monoisotopic (exact) mass is 281 g/mol. The molecule has 0 aromatic heterocycles. The second kappa shape index (κ2) is 7.88. The van der Waals surface area contributed by atoms with Gasteiger partial charge in [0.25, 0.3) is 0 Å². The van der Waals surface area contributed by atoms with Crippen molar-refractivity contribution < 1.29 is 4.74 Å². The van der Waals surface area contributed by atoms with E-state index in [1.54, 1.807) is 0 Å². The lowest BCUT2D eigenvalue weighted by atomic mass is 10.1. The second-order valence-electron chi connectivity index (χ2n) is 5.21. The molecule has 106 valence electrons. The molecule has 1 aromatic rings. The highest BCUT2D eigenvalue weighted by molar-refractivity contribution is 6.30. The predicted molar refractivity (Wildman–Crippen MR) is 80.9 cm³/mol. The number of halogens is 1. The van der Waals surface area contributed by atoms with Gasteiger partial charge in [0, 0.05) is 24.3 Å². The van der Waals surface area contributed by atoms with Crippen LogP contribution in [0.1, 0.15) is 49.8 Å². The molecule has 0 spiro atoms. The van der Waals surface area contributed by atoms with Crippen LogP contribution in [-0.4, -0.2) is 19.8 Å². The Kier molecular flexibility index (Phi) is 6.15. The highest BCUT2D eigenvalue weighted by Crippen LogP contribution is 2.32. The highest BCUT2D eigenvalue weighted by Gasteiger charge is 2.21. The summed E-state index contributed by atoms with van der Waals surface area (Å²) < 4.78 is 5.57. The molecule has 19 heavy (non-hydrogen) atoms. The minimum absolute atomic E-state index is 0.503. The van der Waals surface area contributed by atoms with Crippen molar-refractivity contribution in [2.75, 3.05) is 19.8 Å². The summed E-state index contributed by atoms with van der Waals surface area (Å²) in [5, 5.41) is 4.48. The third-order valence-electron chi connectivity index (χ3n) is 3.68. The van der Waals surface area contributed by atoms with Crippen LogP contribution in [0.25, 0.3) is 0 Å². The van der Waals surface area contributed by atoms with Gasteiger partial charge in [-0.15, -0.1) is 0 Å². The molecule has 0 aliphatic heterocycles. The molecular weight excluding hydrogens is 258 g/mol. The molecule has 0 saturated carbocycles. The molecule has 0 saturated heterocycles. The number of fused-ring (bicyclic) bond motifs is 1. The Labute approximate surface area is 121 Å². The number of unbranched alkanes of at least 4 members (excludes halogenated alkanes) is 1. The van der Waals surface area contributed by atoms with Gasteiger partial charge in [-0.1, -0.05) is 31.0 Å². The summed E-state index contributed by atoms with van der Waals surface area (Å²) in [6, 6.07) is 6.77. The standard InChI is InChI=1S/C16H24ClNO/c1-2-3-10-19-11-4-9-18-16-8-5-13-12-14(17)6-7-15(13)16/h6-7,12,16,18H,2-5,8-11H2,1H3. The van der Waals surface area contributed by atoms with Crippen molar-refractivity contribution in [1.82, 2.24) is 5.32 Å². The van der Waals surface area contributed by atoms with Crippen LogP contribution >= 0.6 is 11.6 Å². The fourth-order valence-corrected chi connectivity index (χ4v) is 2.79. The first kappa shape index (κ1) is 14.8. The van der Waals surface area contributed by atoms with Crippen LogP contribution in [-0.2, 0) is 11.2 Å². The maximum Gasteiger partial charge on any atom is 0.0478 e. The van der Waals surface area contributed by atoms with E-state index in [2.05, 4.69) is 24.4 Å². The van der Waals surface area contributed by atoms with Crippen molar-refractivity contribution >= 4 is 11.6 Å². The fourth-order valence-electron chi connectivity index (χ4n) is 2.60. The van der Waals surface area contributed by atoms with E-state index < -0.39 is 0 Å². The molecule has 2 nitrogen and oxygen atoms in total. The number of benzene rings is 1. The lowest BCUT2D eigenvalue weighted by molar-refractivity contribution is 0.128. The smallest absolute Gasteiger partial charge is 0.0478 e. The first-order chi connectivity index (χ1) is 9.31. The summed E-state index contributed by atoms with van der Waals surface area (Å²) >= 11 is 6.02. The topological polar surface area (TPSA) is 21.3 Å². The fraction of sp³-hybridized carbons (Fsp3) is 0.625. The third kappa shape index (κ3) is 4.48. The van der Waals surface area contributed by atoms with Crippen LogP contribution < -0.4 is 5.32 Å². The summed E-state index contributed by atoms with van der Waals surface area (Å²) in [6.07, 6.45) is 5.79. The Hall–Kier alpha value is -0.570. The van der Waals surface area contributed by atoms with Gasteiger partial charge < -0.3 is 10.1 Å². The van der Waals surface area contributed by atoms with Crippen molar-refractivity contribution in [3.05, 3.63) is 34.3 Å². The lowest BCUT2D eigenvalue weighted by Crippen LogP contribution is -2.21. The average molecular weight is 282 g/mol. The van der Waals surface area contributed by atoms with Crippen molar-refractivity contribution in [3.63, 3.8) is 0 Å². The van der Waals surface area contributed by atoms with Gasteiger partial charge in [-0.2, -0.15) is 0 Å². The molecule has 1 N–H and O–H groups in total. The van der Waals surface area contributed by atoms with Gasteiger partial charge in [0.2, 0.25) is 0 Å². The first-order valence-corrected chi connectivity index (χ1v) is 7.78. The Morgan fingerprint density at radius 3 is 3.00 bits per heavy atom. The van der Waals surface area contributed by atoms with Crippen molar-refractivity contribution in [2.24, 2.45) is 0 Å². The number of rotatable bonds is 8. The summed E-state index contributed by atoms with van der Waals surface area (Å²) in [6.45, 7) is 4.99. The van der Waals surface area contributed by atoms with E-state index in [9.17, 15) is 0 Å². The van der Waals surface area contributed by atoms with Gasteiger partial charge >= 0.3 is 0 Å². The zero-order valence-electron chi connectivity index (χ0n) is 11.8. The van der Waals surface area contributed by atoms with Crippen LogP contribution in [0.4, 0.5) is 0 Å². The van der Waals surface area contributed by atoms with E-state index in [-0.39, 0.29) is 0 Å². The van der Waals surface area contributed by atoms with E-state index >= 15 is 0 Å². The Morgan fingerprint density at radius 1 is 1.32 bits per heavy atom. The summed E-state index contributed by atoms with van der Waals surface area (Å²) in [4.78, 5) is 0. The minimum atomic E-state index is 0.503. The van der Waals surface area contributed by atoms with E-state index in [0.717, 1.165) is 37.6 Å². The predicted octanol–water partition coefficient (Wildman–Crippen LogP) is 4.12. The molecule has 1 aliphatic carbocycles. The molecule has 0 amide bonds. The van der Waals surface area contributed by atoms with Crippen molar-refractivity contribution in [1.29, 1.82) is 0 Å². The zero-order valence-corrected chi connectivity index (χ0v) is 12.5. The lowest BCUT2D eigenvalue weighted by Gasteiger charge is -2.14. The molecule has 1 atom stereocenters. The molecule has 1 unspecified atom stereocenters. The van der Waals surface area contributed by atoms with Gasteiger partial charge in [0.1, 0.15) is 0 Å². The molecule has 0 heterocycles. The van der Waals surface area contributed by atoms with Crippen LogP contribution in [0.2, 0.25) is 5.02 Å². The van der Waals surface area contributed by atoms with Gasteiger partial charge in [-0.05, 0) is 55.5 Å². The molecular formula is C16H24ClNO. The Morgan fingerprint density at radius 2 is 2.16 bits per heavy atom. The SMILES string of the molecule is CCCCOCCCNC1CCc2cc(Cl)ccc21. The molecule has 0 radical (unpaired) electrons. The minimum Gasteiger partial charge on any atom is -0.381 e. The molecule has 0 fully saturated rings. The number of nitrogens with one attached hydrogen (secondary N) is 1. The molecule has 3 heteroatoms. The number of aryl methyl sites for hydroxylation is 1. The van der Waals surface area contributed by atoms with Crippen LogP contribution in [0.15, 0.2) is 18.2 Å². The maximum atomic E-state index is 6.02. The Bertz CT molecular complexity index is 394. The molecule has 0 bridgehead atoms. The van der Waals surface area contributed by atoms with Gasteiger partial charge in [0.15, 0.2) is 0 Å². The highest BCUT2D eigenvalue weighted by atomic mass is 35.5. The first-order valence-electron chi connectivity index (χ1n) is 7.40. The van der Waals surface area contributed by atoms with Gasteiger partial charge in [0.05, 0.1) is 0 Å². The van der Waals surface area contributed by atoms with Gasteiger partial charge in [-0.25, -0.2) is 0 Å². The summed E-state index contributed by atoms with van der Waals surface area (Å²) in [5.74, 6) is 0. The summed E-state index contributed by atoms with van der Waals surface area (Å²) in [5.41, 5.74) is 2.83. The Balaban J connectivity index is 1.66. The van der Waals surface area contributed by atoms with E-state index in [0.29, 0.717) is 6.04 Å². The molecule has 2 rings (SSSR count).